The van der Waals surface area contributed by atoms with Crippen LogP contribution in [0.5, 0.6) is 0 Å². The van der Waals surface area contributed by atoms with E-state index in [0.717, 1.165) is 0 Å². The second-order valence-corrected chi connectivity index (χ2v) is 4.10. The standard InChI is InChI=1S/C12H18N2O3/c1-12(16,9-17-2)8-13-11(15)14-10-6-4-3-5-7-10/h3-7,16H,8-9H2,1-2H3,(H2,13,14,15)/t12-/m1/s1. The molecule has 0 heterocycles. The van der Waals surface area contributed by atoms with Crippen molar-refractivity contribution in [3.8, 4) is 0 Å². The molecule has 0 bridgehead atoms. The third-order valence-electron chi connectivity index (χ3n) is 2.12. The summed E-state index contributed by atoms with van der Waals surface area (Å²) >= 11 is 0. The van der Waals surface area contributed by atoms with Crippen molar-refractivity contribution in [1.82, 2.24) is 5.32 Å². The van der Waals surface area contributed by atoms with Gasteiger partial charge in [-0.05, 0) is 19.1 Å². The highest BCUT2D eigenvalue weighted by molar-refractivity contribution is 5.89. The van der Waals surface area contributed by atoms with Crippen LogP contribution in [-0.4, -0.2) is 37.0 Å². The molecule has 5 heteroatoms. The molecule has 1 aromatic carbocycles. The molecule has 5 nitrogen and oxygen atoms in total. The average Bonchev–Trinajstić information content (AvgIpc) is 2.28. The maximum absolute atomic E-state index is 11.5. The summed E-state index contributed by atoms with van der Waals surface area (Å²) in [5.41, 5.74) is -0.362. The van der Waals surface area contributed by atoms with Crippen LogP contribution in [-0.2, 0) is 4.74 Å². The number of hydrogen-bond donors (Lipinski definition) is 3. The van der Waals surface area contributed by atoms with Gasteiger partial charge in [0.05, 0.1) is 13.2 Å². The van der Waals surface area contributed by atoms with Gasteiger partial charge in [-0.1, -0.05) is 18.2 Å². The minimum atomic E-state index is -1.07. The first-order chi connectivity index (χ1) is 8.03. The number of methoxy groups -OCH3 is 1. The smallest absolute Gasteiger partial charge is 0.319 e. The first-order valence-corrected chi connectivity index (χ1v) is 5.35. The Morgan fingerprint density at radius 1 is 1.41 bits per heavy atom. The van der Waals surface area contributed by atoms with Gasteiger partial charge in [-0.3, -0.25) is 0 Å². The Morgan fingerprint density at radius 2 is 2.06 bits per heavy atom. The van der Waals surface area contributed by atoms with Crippen molar-refractivity contribution < 1.29 is 14.6 Å². The molecule has 1 atom stereocenters. The SMILES string of the molecule is COC[C@](C)(O)CNC(=O)Nc1ccccc1. The molecule has 1 aromatic rings. The quantitative estimate of drug-likeness (QED) is 0.722. The molecule has 0 fully saturated rings. The number of ether oxygens (including phenoxy) is 1. The van der Waals surface area contributed by atoms with Crippen LogP contribution in [0, 0.1) is 0 Å². The Hall–Kier alpha value is -1.59. The molecule has 0 radical (unpaired) electrons. The van der Waals surface area contributed by atoms with E-state index in [0.29, 0.717) is 5.69 Å². The van der Waals surface area contributed by atoms with Gasteiger partial charge in [0.2, 0.25) is 0 Å². The van der Waals surface area contributed by atoms with E-state index in [4.69, 9.17) is 4.74 Å². The second-order valence-electron chi connectivity index (χ2n) is 4.10. The monoisotopic (exact) mass is 238 g/mol. The van der Waals surface area contributed by atoms with Crippen LogP contribution >= 0.6 is 0 Å². The minimum Gasteiger partial charge on any atom is -0.386 e. The van der Waals surface area contributed by atoms with Crippen molar-refractivity contribution in [1.29, 1.82) is 0 Å². The number of hydrogen-bond acceptors (Lipinski definition) is 3. The third-order valence-corrected chi connectivity index (χ3v) is 2.12. The lowest BCUT2D eigenvalue weighted by atomic mass is 10.1. The number of carbonyl (C=O) groups is 1. The molecule has 2 amide bonds. The van der Waals surface area contributed by atoms with Gasteiger partial charge in [0.25, 0.3) is 0 Å². The molecule has 0 saturated heterocycles. The van der Waals surface area contributed by atoms with Crippen LogP contribution in [0.1, 0.15) is 6.92 Å². The van der Waals surface area contributed by atoms with Crippen LogP contribution < -0.4 is 10.6 Å². The van der Waals surface area contributed by atoms with Gasteiger partial charge in [0, 0.05) is 12.8 Å². The first kappa shape index (κ1) is 13.5. The Kier molecular flexibility index (Phi) is 4.93. The number of amides is 2. The number of para-hydroxylation sites is 1. The second kappa shape index (κ2) is 6.22. The van der Waals surface area contributed by atoms with Gasteiger partial charge in [-0.25, -0.2) is 4.79 Å². The van der Waals surface area contributed by atoms with E-state index in [2.05, 4.69) is 10.6 Å². The molecule has 3 N–H and O–H groups in total. The highest BCUT2D eigenvalue weighted by Gasteiger charge is 2.20. The van der Waals surface area contributed by atoms with Crippen molar-refractivity contribution in [3.63, 3.8) is 0 Å². The van der Waals surface area contributed by atoms with Gasteiger partial charge in [-0.15, -0.1) is 0 Å². The molecule has 0 saturated carbocycles. The van der Waals surface area contributed by atoms with E-state index in [1.165, 1.54) is 7.11 Å². The van der Waals surface area contributed by atoms with Crippen molar-refractivity contribution in [3.05, 3.63) is 30.3 Å². The fourth-order valence-corrected chi connectivity index (χ4v) is 1.33. The summed E-state index contributed by atoms with van der Waals surface area (Å²) in [5.74, 6) is 0. The lowest BCUT2D eigenvalue weighted by Crippen LogP contribution is -2.45. The van der Waals surface area contributed by atoms with Gasteiger partial charge >= 0.3 is 6.03 Å². The molecule has 0 unspecified atom stereocenters. The van der Waals surface area contributed by atoms with Crippen molar-refractivity contribution >= 4 is 11.7 Å². The summed E-state index contributed by atoms with van der Waals surface area (Å²) in [7, 11) is 1.50. The highest BCUT2D eigenvalue weighted by Crippen LogP contribution is 2.05. The summed E-state index contributed by atoms with van der Waals surface area (Å²) in [5, 5.41) is 15.0. The number of nitrogens with one attached hydrogen (secondary N) is 2. The zero-order chi connectivity index (χ0) is 12.7. The number of carbonyl (C=O) groups excluding carboxylic acids is 1. The zero-order valence-electron chi connectivity index (χ0n) is 10.1. The summed E-state index contributed by atoms with van der Waals surface area (Å²) in [4.78, 5) is 11.5. The van der Waals surface area contributed by atoms with E-state index < -0.39 is 5.60 Å². The minimum absolute atomic E-state index is 0.125. The van der Waals surface area contributed by atoms with E-state index in [-0.39, 0.29) is 19.2 Å². The van der Waals surface area contributed by atoms with Gasteiger partial charge in [0.1, 0.15) is 5.60 Å². The molecular formula is C12H18N2O3. The summed E-state index contributed by atoms with van der Waals surface area (Å²) in [6.07, 6.45) is 0. The fourth-order valence-electron chi connectivity index (χ4n) is 1.33. The van der Waals surface area contributed by atoms with Crippen molar-refractivity contribution in [2.24, 2.45) is 0 Å². The molecule has 0 spiro atoms. The Labute approximate surface area is 101 Å². The summed E-state index contributed by atoms with van der Waals surface area (Å²) in [6.45, 7) is 1.89. The van der Waals surface area contributed by atoms with E-state index in [1.807, 2.05) is 18.2 Å². The van der Waals surface area contributed by atoms with Gasteiger partial charge in [-0.2, -0.15) is 0 Å². The van der Waals surface area contributed by atoms with Gasteiger partial charge in [0.15, 0.2) is 0 Å². The molecule has 1 rings (SSSR count). The molecule has 0 aliphatic carbocycles. The third kappa shape index (κ3) is 5.33. The number of anilines is 1. The van der Waals surface area contributed by atoms with Crippen LogP contribution in [0.15, 0.2) is 30.3 Å². The Balaban J connectivity index is 2.36. The molecule has 0 aliphatic heterocycles. The number of urea groups is 1. The van der Waals surface area contributed by atoms with Gasteiger partial charge < -0.3 is 20.5 Å². The molecule has 0 aliphatic rings. The number of aliphatic hydroxyl groups is 1. The average molecular weight is 238 g/mol. The Bertz CT molecular complexity index is 352. The lowest BCUT2D eigenvalue weighted by Gasteiger charge is -2.22. The molecule has 17 heavy (non-hydrogen) atoms. The van der Waals surface area contributed by atoms with Crippen LogP contribution in [0.25, 0.3) is 0 Å². The van der Waals surface area contributed by atoms with Crippen molar-refractivity contribution in [2.75, 3.05) is 25.6 Å². The molecule has 0 aromatic heterocycles. The maximum atomic E-state index is 11.5. The first-order valence-electron chi connectivity index (χ1n) is 5.35. The number of rotatable bonds is 5. The Morgan fingerprint density at radius 3 is 2.65 bits per heavy atom. The van der Waals surface area contributed by atoms with E-state index >= 15 is 0 Å². The molecule has 94 valence electrons. The fraction of sp³-hybridized carbons (Fsp3) is 0.417. The van der Waals surface area contributed by atoms with Crippen LogP contribution in [0.3, 0.4) is 0 Å². The zero-order valence-corrected chi connectivity index (χ0v) is 10.1. The number of benzene rings is 1. The van der Waals surface area contributed by atoms with Crippen molar-refractivity contribution in [2.45, 2.75) is 12.5 Å². The van der Waals surface area contributed by atoms with E-state index in [9.17, 15) is 9.90 Å². The predicted octanol–water partition coefficient (Wildman–Crippen LogP) is 1.21. The maximum Gasteiger partial charge on any atom is 0.319 e. The van der Waals surface area contributed by atoms with Crippen LogP contribution in [0.4, 0.5) is 10.5 Å². The largest absolute Gasteiger partial charge is 0.386 e. The summed E-state index contributed by atoms with van der Waals surface area (Å²) in [6, 6.07) is 8.74. The molecular weight excluding hydrogens is 220 g/mol. The van der Waals surface area contributed by atoms with E-state index in [1.54, 1.807) is 19.1 Å². The normalized spacial score (nSPS) is 13.8. The lowest BCUT2D eigenvalue weighted by molar-refractivity contribution is -0.0133. The predicted molar refractivity (Wildman–Crippen MR) is 66.0 cm³/mol. The topological polar surface area (TPSA) is 70.6 Å². The highest BCUT2D eigenvalue weighted by atomic mass is 16.5. The summed E-state index contributed by atoms with van der Waals surface area (Å²) < 4.78 is 4.84. The van der Waals surface area contributed by atoms with Crippen LogP contribution in [0.2, 0.25) is 0 Å².